The minimum atomic E-state index is -0.181. The minimum absolute atomic E-state index is 0.00108. The quantitative estimate of drug-likeness (QED) is 0.517. The molecule has 3 aromatic rings. The Morgan fingerprint density at radius 1 is 1.21 bits per heavy atom. The van der Waals surface area contributed by atoms with E-state index in [0.717, 1.165) is 49.2 Å². The first-order chi connectivity index (χ1) is 16.1. The summed E-state index contributed by atoms with van der Waals surface area (Å²) in [4.78, 5) is 30.8. The monoisotopic (exact) mass is 466 g/mol. The zero-order chi connectivity index (χ0) is 22.8. The fourth-order valence-electron chi connectivity index (χ4n) is 5.04. The maximum atomic E-state index is 13.3. The maximum absolute atomic E-state index is 13.3. The third-order valence-corrected chi connectivity index (χ3v) is 7.46. The number of hydrogen-bond donors (Lipinski definition) is 2. The SMILES string of the molecule is Cn1c(C2CCCO2)nc2cc(NC(=O)CC3CCCC3)cc(C(=O)NCc3ccsc3)c21. The molecule has 5 rings (SSSR count). The lowest BCUT2D eigenvalue weighted by molar-refractivity contribution is -0.117. The number of aryl methyl sites for hydroxylation is 1. The van der Waals surface area contributed by atoms with Crippen LogP contribution in [0.4, 0.5) is 5.69 Å². The van der Waals surface area contributed by atoms with Crippen molar-refractivity contribution < 1.29 is 14.3 Å². The smallest absolute Gasteiger partial charge is 0.253 e. The van der Waals surface area contributed by atoms with Gasteiger partial charge in [-0.2, -0.15) is 11.3 Å². The predicted octanol–water partition coefficient (Wildman–Crippen LogP) is 4.94. The van der Waals surface area contributed by atoms with Crippen LogP contribution >= 0.6 is 11.3 Å². The zero-order valence-corrected chi connectivity index (χ0v) is 19.7. The first-order valence-electron chi connectivity index (χ1n) is 11.8. The second-order valence-electron chi connectivity index (χ2n) is 9.14. The number of carbonyl (C=O) groups is 2. The summed E-state index contributed by atoms with van der Waals surface area (Å²) in [6.45, 7) is 1.18. The van der Waals surface area contributed by atoms with Crippen LogP contribution in [0.5, 0.6) is 0 Å². The lowest BCUT2D eigenvalue weighted by Gasteiger charge is -2.13. The van der Waals surface area contributed by atoms with Crippen molar-refractivity contribution in [1.82, 2.24) is 14.9 Å². The number of amides is 2. The Kier molecular flexibility index (Phi) is 6.46. The van der Waals surface area contributed by atoms with Gasteiger partial charge in [-0.05, 0) is 66.1 Å². The minimum Gasteiger partial charge on any atom is -0.370 e. The standard InChI is InChI=1S/C25H30N4O3S/c1-29-23-19(25(31)26-14-17-8-10-33-15-17)12-18(27-22(30)11-16-5-2-3-6-16)13-20(23)28-24(29)21-7-4-9-32-21/h8,10,12-13,15-16,21H,2-7,9,11,14H2,1H3,(H,26,31)(H,27,30). The van der Waals surface area contributed by atoms with Gasteiger partial charge in [0, 0.05) is 32.3 Å². The molecule has 2 amide bonds. The Balaban J connectivity index is 1.45. The third-order valence-electron chi connectivity index (χ3n) is 6.73. The van der Waals surface area contributed by atoms with Crippen LogP contribution in [0.3, 0.4) is 0 Å². The first-order valence-corrected chi connectivity index (χ1v) is 12.7. The highest BCUT2D eigenvalue weighted by atomic mass is 32.1. The Bertz CT molecular complexity index is 1140. The average Bonchev–Trinajstić information content (AvgIpc) is 3.59. The molecule has 0 bridgehead atoms. The van der Waals surface area contributed by atoms with Crippen LogP contribution in [-0.4, -0.2) is 28.0 Å². The molecule has 174 valence electrons. The van der Waals surface area contributed by atoms with Gasteiger partial charge in [0.05, 0.1) is 16.6 Å². The molecule has 0 radical (unpaired) electrons. The molecule has 3 heterocycles. The van der Waals surface area contributed by atoms with E-state index >= 15 is 0 Å². The molecule has 2 aromatic heterocycles. The number of thiophene rings is 1. The molecule has 33 heavy (non-hydrogen) atoms. The van der Waals surface area contributed by atoms with E-state index in [9.17, 15) is 9.59 Å². The van der Waals surface area contributed by atoms with E-state index < -0.39 is 0 Å². The summed E-state index contributed by atoms with van der Waals surface area (Å²) in [6, 6.07) is 5.65. The van der Waals surface area contributed by atoms with E-state index in [-0.39, 0.29) is 17.9 Å². The number of hydrogen-bond acceptors (Lipinski definition) is 5. The van der Waals surface area contributed by atoms with E-state index in [1.165, 1.54) is 12.8 Å². The van der Waals surface area contributed by atoms with Gasteiger partial charge in [0.25, 0.3) is 5.91 Å². The molecule has 1 saturated heterocycles. The van der Waals surface area contributed by atoms with Crippen LogP contribution in [0, 0.1) is 5.92 Å². The van der Waals surface area contributed by atoms with E-state index in [1.807, 2.05) is 34.5 Å². The Labute approximate surface area is 197 Å². The number of imidazole rings is 1. The van der Waals surface area contributed by atoms with Crippen LogP contribution in [0.2, 0.25) is 0 Å². The van der Waals surface area contributed by atoms with Crippen molar-refractivity contribution in [3.05, 3.63) is 45.9 Å². The number of ether oxygens (including phenoxy) is 1. The molecule has 2 N–H and O–H groups in total. The summed E-state index contributed by atoms with van der Waals surface area (Å²) in [5, 5.41) is 10.1. The molecule has 1 aliphatic carbocycles. The van der Waals surface area contributed by atoms with E-state index in [0.29, 0.717) is 35.7 Å². The molecule has 1 aliphatic heterocycles. The topological polar surface area (TPSA) is 85.2 Å². The third kappa shape index (κ3) is 4.82. The van der Waals surface area contributed by atoms with Crippen molar-refractivity contribution in [2.45, 2.75) is 57.6 Å². The normalized spacial score (nSPS) is 18.8. The van der Waals surface area contributed by atoms with E-state index in [4.69, 9.17) is 9.72 Å². The lowest BCUT2D eigenvalue weighted by Crippen LogP contribution is -2.24. The van der Waals surface area contributed by atoms with Gasteiger partial charge in [-0.15, -0.1) is 0 Å². The molecule has 0 spiro atoms. The van der Waals surface area contributed by atoms with Crippen molar-refractivity contribution in [2.75, 3.05) is 11.9 Å². The number of fused-ring (bicyclic) bond motifs is 1. The summed E-state index contributed by atoms with van der Waals surface area (Å²) < 4.78 is 7.83. The molecule has 7 nitrogen and oxygen atoms in total. The first kappa shape index (κ1) is 22.1. The molecule has 2 fully saturated rings. The zero-order valence-electron chi connectivity index (χ0n) is 18.9. The van der Waals surface area contributed by atoms with E-state index in [2.05, 4.69) is 10.6 Å². The summed E-state index contributed by atoms with van der Waals surface area (Å²) in [5.74, 6) is 1.10. The summed E-state index contributed by atoms with van der Waals surface area (Å²) in [6.07, 6.45) is 7.04. The van der Waals surface area contributed by atoms with Gasteiger partial charge >= 0.3 is 0 Å². The van der Waals surface area contributed by atoms with Gasteiger partial charge in [0.2, 0.25) is 5.91 Å². The molecule has 8 heteroatoms. The van der Waals surface area contributed by atoms with Gasteiger partial charge in [0.1, 0.15) is 11.9 Å². The van der Waals surface area contributed by atoms with Crippen molar-refractivity contribution in [3.63, 3.8) is 0 Å². The number of rotatable bonds is 7. The molecular formula is C25H30N4O3S. The molecule has 1 saturated carbocycles. The van der Waals surface area contributed by atoms with Crippen molar-refractivity contribution >= 4 is 39.9 Å². The maximum Gasteiger partial charge on any atom is 0.253 e. The van der Waals surface area contributed by atoms with Crippen molar-refractivity contribution in [3.8, 4) is 0 Å². The summed E-state index contributed by atoms with van der Waals surface area (Å²) in [5.41, 5.74) is 3.65. The van der Waals surface area contributed by atoms with Crippen LogP contribution in [0.1, 0.15) is 72.8 Å². The van der Waals surface area contributed by atoms with Crippen LogP contribution < -0.4 is 10.6 Å². The number of nitrogens with zero attached hydrogens (tertiary/aromatic N) is 2. The average molecular weight is 467 g/mol. The Morgan fingerprint density at radius 2 is 2.06 bits per heavy atom. The summed E-state index contributed by atoms with van der Waals surface area (Å²) in [7, 11) is 1.93. The van der Waals surface area contributed by atoms with Crippen LogP contribution in [-0.2, 0) is 23.1 Å². The lowest BCUT2D eigenvalue weighted by atomic mass is 10.0. The van der Waals surface area contributed by atoms with Crippen molar-refractivity contribution in [2.24, 2.45) is 13.0 Å². The van der Waals surface area contributed by atoms with Crippen LogP contribution in [0.15, 0.2) is 29.0 Å². The number of benzene rings is 1. The molecule has 1 unspecified atom stereocenters. The number of nitrogens with one attached hydrogen (secondary N) is 2. The van der Waals surface area contributed by atoms with Gasteiger partial charge in [-0.3, -0.25) is 9.59 Å². The number of anilines is 1. The highest BCUT2D eigenvalue weighted by Gasteiger charge is 2.26. The highest BCUT2D eigenvalue weighted by molar-refractivity contribution is 7.07. The second kappa shape index (κ2) is 9.65. The van der Waals surface area contributed by atoms with E-state index in [1.54, 1.807) is 17.4 Å². The highest BCUT2D eigenvalue weighted by Crippen LogP contribution is 2.33. The second-order valence-corrected chi connectivity index (χ2v) is 9.92. The van der Waals surface area contributed by atoms with Crippen LogP contribution in [0.25, 0.3) is 11.0 Å². The van der Waals surface area contributed by atoms with Gasteiger partial charge in [0.15, 0.2) is 0 Å². The fraction of sp³-hybridized carbons (Fsp3) is 0.480. The molecule has 1 aromatic carbocycles. The fourth-order valence-corrected chi connectivity index (χ4v) is 5.71. The van der Waals surface area contributed by atoms with Gasteiger partial charge in [-0.1, -0.05) is 12.8 Å². The predicted molar refractivity (Wildman–Crippen MR) is 129 cm³/mol. The molecule has 2 aliphatic rings. The number of carbonyl (C=O) groups excluding carboxylic acids is 2. The number of aromatic nitrogens is 2. The van der Waals surface area contributed by atoms with Crippen molar-refractivity contribution in [1.29, 1.82) is 0 Å². The van der Waals surface area contributed by atoms with Gasteiger partial charge < -0.3 is 19.9 Å². The molecular weight excluding hydrogens is 436 g/mol. The Hall–Kier alpha value is -2.71. The summed E-state index contributed by atoms with van der Waals surface area (Å²) >= 11 is 1.60. The largest absolute Gasteiger partial charge is 0.370 e. The Morgan fingerprint density at radius 3 is 2.79 bits per heavy atom. The molecule has 1 atom stereocenters. The van der Waals surface area contributed by atoms with Gasteiger partial charge in [-0.25, -0.2) is 4.98 Å².